The molecule has 0 amide bonds. The minimum Gasteiger partial charge on any atom is -0.356 e. The first kappa shape index (κ1) is 13.6. The predicted molar refractivity (Wildman–Crippen MR) is 74.3 cm³/mol. The summed E-state index contributed by atoms with van der Waals surface area (Å²) in [5, 5.41) is 3.33. The molecular weight excluding hydrogens is 210 g/mol. The van der Waals surface area contributed by atoms with Gasteiger partial charge in [-0.15, -0.1) is 0 Å². The molecule has 94 valence electrons. The fraction of sp³-hybridized carbons (Fsp3) is 0.500. The average Bonchev–Trinajstić information content (AvgIpc) is 2.33. The molecule has 0 aliphatic heterocycles. The molecule has 0 saturated carbocycles. The van der Waals surface area contributed by atoms with E-state index >= 15 is 0 Å². The van der Waals surface area contributed by atoms with Crippen LogP contribution in [0.1, 0.15) is 24.5 Å². The zero-order valence-corrected chi connectivity index (χ0v) is 11.3. The van der Waals surface area contributed by atoms with Gasteiger partial charge in [0.1, 0.15) is 0 Å². The second-order valence-electron chi connectivity index (χ2n) is 4.26. The van der Waals surface area contributed by atoms with E-state index in [-0.39, 0.29) is 0 Å². The van der Waals surface area contributed by atoms with Crippen molar-refractivity contribution in [3.8, 4) is 0 Å². The van der Waals surface area contributed by atoms with E-state index < -0.39 is 0 Å². The second-order valence-corrected chi connectivity index (χ2v) is 4.26. The molecule has 0 spiro atoms. The largest absolute Gasteiger partial charge is 0.356 e. The summed E-state index contributed by atoms with van der Waals surface area (Å²) in [7, 11) is 3.89. The molecule has 1 aromatic rings. The maximum Gasteiger partial charge on any atom is 0.193 e. The number of benzene rings is 1. The first-order chi connectivity index (χ1) is 8.19. The quantitative estimate of drug-likeness (QED) is 0.639. The summed E-state index contributed by atoms with van der Waals surface area (Å²) in [5.74, 6) is 0.954. The van der Waals surface area contributed by atoms with Crippen molar-refractivity contribution in [2.75, 3.05) is 20.6 Å². The van der Waals surface area contributed by atoms with Crippen molar-refractivity contribution in [3.05, 3.63) is 35.4 Å². The monoisotopic (exact) mass is 233 g/mol. The topological polar surface area (TPSA) is 27.6 Å². The van der Waals surface area contributed by atoms with Gasteiger partial charge < -0.3 is 10.2 Å². The summed E-state index contributed by atoms with van der Waals surface area (Å²) in [5.41, 5.74) is 2.67. The van der Waals surface area contributed by atoms with Crippen LogP contribution in [0, 0.1) is 6.92 Å². The van der Waals surface area contributed by atoms with Gasteiger partial charge in [-0.25, -0.2) is 0 Å². The Morgan fingerprint density at radius 1 is 1.35 bits per heavy atom. The van der Waals surface area contributed by atoms with E-state index in [1.165, 1.54) is 11.1 Å². The number of aryl methyl sites for hydroxylation is 1. The Morgan fingerprint density at radius 2 is 2.06 bits per heavy atom. The number of guanidine groups is 1. The van der Waals surface area contributed by atoms with E-state index in [1.807, 2.05) is 7.05 Å². The average molecular weight is 233 g/mol. The van der Waals surface area contributed by atoms with Crippen LogP contribution in [0.15, 0.2) is 29.3 Å². The third-order valence-electron chi connectivity index (χ3n) is 2.78. The van der Waals surface area contributed by atoms with E-state index in [0.717, 1.165) is 25.5 Å². The number of aliphatic imine (C=N–C) groups is 1. The lowest BCUT2D eigenvalue weighted by Gasteiger charge is -2.22. The molecular formula is C14H23N3. The zero-order chi connectivity index (χ0) is 12.7. The highest BCUT2D eigenvalue weighted by molar-refractivity contribution is 5.79. The number of hydrogen-bond acceptors (Lipinski definition) is 1. The van der Waals surface area contributed by atoms with Gasteiger partial charge in [0, 0.05) is 27.2 Å². The first-order valence-electron chi connectivity index (χ1n) is 6.15. The fourth-order valence-electron chi connectivity index (χ4n) is 1.74. The Bertz CT molecular complexity index is 371. The lowest BCUT2D eigenvalue weighted by Crippen LogP contribution is -2.38. The van der Waals surface area contributed by atoms with Crippen molar-refractivity contribution in [2.45, 2.75) is 26.8 Å². The van der Waals surface area contributed by atoms with Gasteiger partial charge in [0.25, 0.3) is 0 Å². The third kappa shape index (κ3) is 4.10. The van der Waals surface area contributed by atoms with Crippen LogP contribution in [0.25, 0.3) is 0 Å². The molecule has 0 aliphatic carbocycles. The minimum absolute atomic E-state index is 0.885. The molecule has 0 atom stereocenters. The SMILES string of the molecule is CCCNC(=NC)N(C)Cc1ccccc1C. The van der Waals surface area contributed by atoms with Gasteiger partial charge in [0.2, 0.25) is 0 Å². The Morgan fingerprint density at radius 3 is 2.65 bits per heavy atom. The van der Waals surface area contributed by atoms with Crippen molar-refractivity contribution in [1.29, 1.82) is 0 Å². The molecule has 17 heavy (non-hydrogen) atoms. The van der Waals surface area contributed by atoms with Crippen molar-refractivity contribution in [3.63, 3.8) is 0 Å². The molecule has 0 aromatic heterocycles. The lowest BCUT2D eigenvalue weighted by atomic mass is 10.1. The highest BCUT2D eigenvalue weighted by Gasteiger charge is 2.06. The molecule has 0 heterocycles. The van der Waals surface area contributed by atoms with Crippen molar-refractivity contribution in [2.24, 2.45) is 4.99 Å². The van der Waals surface area contributed by atoms with Gasteiger partial charge >= 0.3 is 0 Å². The Kier molecular flexibility index (Phi) is 5.53. The Balaban J connectivity index is 2.64. The summed E-state index contributed by atoms with van der Waals surface area (Å²) in [6.45, 7) is 6.15. The van der Waals surface area contributed by atoms with Gasteiger partial charge in [-0.2, -0.15) is 0 Å². The predicted octanol–water partition coefficient (Wildman–Crippen LogP) is 2.41. The Labute approximate surface area is 105 Å². The van der Waals surface area contributed by atoms with Crippen LogP contribution in [0.5, 0.6) is 0 Å². The van der Waals surface area contributed by atoms with Crippen LogP contribution < -0.4 is 5.32 Å². The van der Waals surface area contributed by atoms with Crippen LogP contribution in [-0.4, -0.2) is 31.5 Å². The van der Waals surface area contributed by atoms with Crippen molar-refractivity contribution in [1.82, 2.24) is 10.2 Å². The van der Waals surface area contributed by atoms with Gasteiger partial charge in [-0.1, -0.05) is 31.2 Å². The molecule has 1 rings (SSSR count). The van der Waals surface area contributed by atoms with E-state index in [4.69, 9.17) is 0 Å². The van der Waals surface area contributed by atoms with Gasteiger partial charge in [0.05, 0.1) is 0 Å². The lowest BCUT2D eigenvalue weighted by molar-refractivity contribution is 0.475. The number of nitrogens with zero attached hydrogens (tertiary/aromatic N) is 2. The van der Waals surface area contributed by atoms with Gasteiger partial charge in [-0.05, 0) is 24.5 Å². The normalized spacial score (nSPS) is 11.4. The van der Waals surface area contributed by atoms with E-state index in [2.05, 4.69) is 60.4 Å². The molecule has 1 aromatic carbocycles. The molecule has 0 fully saturated rings. The molecule has 3 heteroatoms. The van der Waals surface area contributed by atoms with Gasteiger partial charge in [0.15, 0.2) is 5.96 Å². The molecule has 3 nitrogen and oxygen atoms in total. The zero-order valence-electron chi connectivity index (χ0n) is 11.3. The highest BCUT2D eigenvalue weighted by Crippen LogP contribution is 2.09. The van der Waals surface area contributed by atoms with Crippen molar-refractivity contribution >= 4 is 5.96 Å². The summed E-state index contributed by atoms with van der Waals surface area (Å²) in [6.07, 6.45) is 1.11. The second kappa shape index (κ2) is 6.94. The Hall–Kier alpha value is -1.51. The first-order valence-corrected chi connectivity index (χ1v) is 6.15. The number of rotatable bonds is 4. The summed E-state index contributed by atoms with van der Waals surface area (Å²) in [4.78, 5) is 6.43. The van der Waals surface area contributed by atoms with Gasteiger partial charge in [-0.3, -0.25) is 4.99 Å². The molecule has 0 bridgehead atoms. The third-order valence-corrected chi connectivity index (χ3v) is 2.78. The maximum atomic E-state index is 4.28. The summed E-state index contributed by atoms with van der Waals surface area (Å²) in [6, 6.07) is 8.46. The van der Waals surface area contributed by atoms with E-state index in [1.54, 1.807) is 0 Å². The standard InChI is InChI=1S/C14H23N3/c1-5-10-16-14(15-3)17(4)11-13-9-7-6-8-12(13)2/h6-9H,5,10-11H2,1-4H3,(H,15,16). The van der Waals surface area contributed by atoms with Crippen LogP contribution in [-0.2, 0) is 6.54 Å². The van der Waals surface area contributed by atoms with Crippen LogP contribution >= 0.6 is 0 Å². The summed E-state index contributed by atoms with van der Waals surface area (Å²) < 4.78 is 0. The van der Waals surface area contributed by atoms with E-state index in [9.17, 15) is 0 Å². The minimum atomic E-state index is 0.885. The molecule has 0 unspecified atom stereocenters. The highest BCUT2D eigenvalue weighted by atomic mass is 15.3. The van der Waals surface area contributed by atoms with Crippen LogP contribution in [0.3, 0.4) is 0 Å². The van der Waals surface area contributed by atoms with Crippen molar-refractivity contribution < 1.29 is 0 Å². The van der Waals surface area contributed by atoms with Crippen LogP contribution in [0.2, 0.25) is 0 Å². The van der Waals surface area contributed by atoms with Crippen LogP contribution in [0.4, 0.5) is 0 Å². The molecule has 0 radical (unpaired) electrons. The summed E-state index contributed by atoms with van der Waals surface area (Å²) >= 11 is 0. The number of nitrogens with one attached hydrogen (secondary N) is 1. The number of hydrogen-bond donors (Lipinski definition) is 1. The fourth-order valence-corrected chi connectivity index (χ4v) is 1.74. The molecule has 0 aliphatic rings. The maximum absolute atomic E-state index is 4.28. The van der Waals surface area contributed by atoms with E-state index in [0.29, 0.717) is 0 Å². The molecule has 1 N–H and O–H groups in total. The smallest absolute Gasteiger partial charge is 0.193 e. The molecule has 0 saturated heterocycles.